The van der Waals surface area contributed by atoms with Gasteiger partial charge in [0.15, 0.2) is 0 Å². The first kappa shape index (κ1) is 64.0. The van der Waals surface area contributed by atoms with E-state index in [1.807, 2.05) is 0 Å². The molecule has 70 heavy (non-hydrogen) atoms. The van der Waals surface area contributed by atoms with Crippen LogP contribution in [0.25, 0.3) is 0 Å². The molecule has 0 aromatic heterocycles. The van der Waals surface area contributed by atoms with Crippen molar-refractivity contribution in [2.45, 2.75) is 214 Å². The average Bonchev–Trinajstić information content (AvgIpc) is 3.74. The molecular formula is C53H95N3O14. The Kier molecular flexibility index (Phi) is 40.0. The maximum absolute atomic E-state index is 13.3. The Morgan fingerprint density at radius 3 is 0.843 bits per heavy atom. The molecule has 0 unspecified atom stereocenters. The minimum Gasteiger partial charge on any atom is -0.465 e. The van der Waals surface area contributed by atoms with Gasteiger partial charge in [-0.3, -0.25) is 43.5 Å². The van der Waals surface area contributed by atoms with Crippen LogP contribution in [0.3, 0.4) is 0 Å². The van der Waals surface area contributed by atoms with Crippen molar-refractivity contribution >= 4 is 41.9 Å². The summed E-state index contributed by atoms with van der Waals surface area (Å²) >= 11 is 0. The van der Waals surface area contributed by atoms with Crippen LogP contribution in [0.15, 0.2) is 0 Å². The van der Waals surface area contributed by atoms with Gasteiger partial charge in [-0.2, -0.15) is 0 Å². The summed E-state index contributed by atoms with van der Waals surface area (Å²) in [6.07, 6.45) is 24.8. The van der Waals surface area contributed by atoms with Gasteiger partial charge in [0.1, 0.15) is 13.2 Å². The first-order chi connectivity index (χ1) is 34.0. The first-order valence-corrected chi connectivity index (χ1v) is 27.3. The third-order valence-electron chi connectivity index (χ3n) is 12.1. The molecule has 1 aliphatic heterocycles. The summed E-state index contributed by atoms with van der Waals surface area (Å²) in [6.45, 7) is 8.81. The molecule has 1 aliphatic rings. The highest BCUT2D eigenvalue weighted by atomic mass is 16.6. The minimum atomic E-state index is -0.720. The molecule has 0 spiro atoms. The maximum atomic E-state index is 13.3. The third kappa shape index (κ3) is 34.4. The van der Waals surface area contributed by atoms with E-state index in [1.54, 1.807) is 6.92 Å². The van der Waals surface area contributed by atoms with E-state index in [0.29, 0.717) is 12.8 Å². The standard InChI is InChI=1S/C53H95N3O14/c1-6-11-15-19-23-27-33-65-47(57)37-54(38-48(58)66-34-28-24-20-16-12-7-2)41-51(61)69-43-45-31-32-46(56(45)53(63)64-10-5)44-70-52(62)42-55(39-49(59)67-35-29-25-21-17-13-8-3)40-50(60)68-36-30-26-22-18-14-9-4/h45-46H,6-44H2,1-5H3/t45-,46-/m0/s1. The number of likely N-dealkylation sites (tertiary alicyclic amines) is 1. The number of carbonyl (C=O) groups is 7. The normalized spacial score (nSPS) is 14.4. The Morgan fingerprint density at radius 1 is 0.343 bits per heavy atom. The zero-order chi connectivity index (χ0) is 51.5. The molecule has 0 radical (unpaired) electrons. The van der Waals surface area contributed by atoms with E-state index >= 15 is 0 Å². The summed E-state index contributed by atoms with van der Waals surface area (Å²) in [5, 5.41) is 0. The van der Waals surface area contributed by atoms with Crippen LogP contribution in [0, 0.1) is 0 Å². The van der Waals surface area contributed by atoms with Crippen molar-refractivity contribution < 1.29 is 66.7 Å². The van der Waals surface area contributed by atoms with Gasteiger partial charge in [0.2, 0.25) is 0 Å². The number of unbranched alkanes of at least 4 members (excludes halogenated alkanes) is 20. The molecule has 0 saturated carbocycles. The lowest BCUT2D eigenvalue weighted by Crippen LogP contribution is -2.47. The van der Waals surface area contributed by atoms with E-state index in [4.69, 9.17) is 33.2 Å². The predicted octanol–water partition coefficient (Wildman–Crippen LogP) is 9.28. The fourth-order valence-electron chi connectivity index (χ4n) is 8.14. The Bertz CT molecular complexity index is 1260. The number of amides is 1. The number of hydrogen-bond donors (Lipinski definition) is 0. The van der Waals surface area contributed by atoms with Gasteiger partial charge in [0, 0.05) is 0 Å². The number of hydrogen-bond acceptors (Lipinski definition) is 16. The highest BCUT2D eigenvalue weighted by molar-refractivity contribution is 5.79. The number of nitrogens with zero attached hydrogens (tertiary/aromatic N) is 3. The predicted molar refractivity (Wildman–Crippen MR) is 268 cm³/mol. The molecule has 0 bridgehead atoms. The summed E-state index contributed by atoms with van der Waals surface area (Å²) in [4.78, 5) is 95.3. The summed E-state index contributed by atoms with van der Waals surface area (Å²) in [7, 11) is 0. The van der Waals surface area contributed by atoms with Gasteiger partial charge in [-0.25, -0.2) is 4.79 Å². The molecule has 1 saturated heterocycles. The molecule has 1 fully saturated rings. The summed E-state index contributed by atoms with van der Waals surface area (Å²) in [5.41, 5.74) is 0. The van der Waals surface area contributed by atoms with E-state index in [2.05, 4.69) is 27.7 Å². The van der Waals surface area contributed by atoms with Crippen molar-refractivity contribution in [2.24, 2.45) is 0 Å². The summed E-state index contributed by atoms with van der Waals surface area (Å²) in [5.74, 6) is -3.71. The molecule has 17 nitrogen and oxygen atoms in total. The Morgan fingerprint density at radius 2 is 0.586 bits per heavy atom. The second-order valence-electron chi connectivity index (χ2n) is 18.6. The second-order valence-corrected chi connectivity index (χ2v) is 18.6. The van der Waals surface area contributed by atoms with E-state index in [9.17, 15) is 33.6 Å². The van der Waals surface area contributed by atoms with Crippen LogP contribution in [-0.4, -0.2) is 154 Å². The lowest BCUT2D eigenvalue weighted by atomic mass is 10.1. The van der Waals surface area contributed by atoms with Gasteiger partial charge >= 0.3 is 41.9 Å². The average molecular weight is 998 g/mol. The highest BCUT2D eigenvalue weighted by Crippen LogP contribution is 2.26. The van der Waals surface area contributed by atoms with Crippen molar-refractivity contribution in [1.82, 2.24) is 14.7 Å². The van der Waals surface area contributed by atoms with Gasteiger partial charge < -0.3 is 33.2 Å². The Balaban J connectivity index is 2.90. The van der Waals surface area contributed by atoms with Gasteiger partial charge in [-0.15, -0.1) is 0 Å². The third-order valence-corrected chi connectivity index (χ3v) is 12.1. The number of rotatable bonds is 45. The second kappa shape index (κ2) is 43.8. The molecule has 0 N–H and O–H groups in total. The van der Waals surface area contributed by atoms with Gasteiger partial charge in [0.25, 0.3) is 0 Å². The molecule has 0 aromatic carbocycles. The fourth-order valence-corrected chi connectivity index (χ4v) is 8.14. The van der Waals surface area contributed by atoms with E-state index in [0.717, 1.165) is 128 Å². The van der Waals surface area contributed by atoms with Crippen LogP contribution in [-0.2, 0) is 61.9 Å². The van der Waals surface area contributed by atoms with Crippen LogP contribution in [0.2, 0.25) is 0 Å². The van der Waals surface area contributed by atoms with E-state index in [-0.39, 0.29) is 72.4 Å². The molecule has 1 heterocycles. The van der Waals surface area contributed by atoms with Gasteiger partial charge in [0.05, 0.1) is 84.4 Å². The van der Waals surface area contributed by atoms with Crippen molar-refractivity contribution in [2.75, 3.05) is 85.5 Å². The first-order valence-electron chi connectivity index (χ1n) is 27.3. The molecule has 1 rings (SSSR count). The zero-order valence-corrected chi connectivity index (χ0v) is 44.3. The van der Waals surface area contributed by atoms with Crippen LogP contribution in [0.4, 0.5) is 4.79 Å². The lowest BCUT2D eigenvalue weighted by Gasteiger charge is -2.29. The SMILES string of the molecule is CCCCCCCCOC(=O)CN(CC(=O)OCCCCCCCC)CC(=O)OC[C@@H]1CC[C@@H](COC(=O)CN(CC(=O)OCCCCCCCC)CC(=O)OCCCCCCCC)N1C(=O)OCC. The molecule has 2 atom stereocenters. The van der Waals surface area contributed by atoms with E-state index in [1.165, 1.54) is 40.4 Å². The minimum absolute atomic E-state index is 0.0755. The number of ether oxygens (including phenoxy) is 7. The number of esters is 6. The van der Waals surface area contributed by atoms with Crippen LogP contribution in [0.5, 0.6) is 0 Å². The molecule has 406 valence electrons. The monoisotopic (exact) mass is 998 g/mol. The van der Waals surface area contributed by atoms with Crippen molar-refractivity contribution in [3.8, 4) is 0 Å². The maximum Gasteiger partial charge on any atom is 0.410 e. The van der Waals surface area contributed by atoms with Crippen LogP contribution >= 0.6 is 0 Å². The summed E-state index contributed by atoms with van der Waals surface area (Å²) in [6, 6.07) is -1.24. The largest absolute Gasteiger partial charge is 0.465 e. The highest BCUT2D eigenvalue weighted by Gasteiger charge is 2.39. The molecular weight excluding hydrogens is 903 g/mol. The van der Waals surface area contributed by atoms with Crippen molar-refractivity contribution in [3.05, 3.63) is 0 Å². The number of carbonyl (C=O) groups excluding carboxylic acids is 7. The molecule has 1 amide bonds. The molecule has 0 aliphatic carbocycles. The van der Waals surface area contributed by atoms with Gasteiger partial charge in [-0.05, 0) is 45.4 Å². The molecule has 0 aromatic rings. The van der Waals surface area contributed by atoms with Crippen molar-refractivity contribution in [1.29, 1.82) is 0 Å². The smallest absolute Gasteiger partial charge is 0.410 e. The Labute approximate surface area is 421 Å². The topological polar surface area (TPSA) is 194 Å². The zero-order valence-electron chi connectivity index (χ0n) is 44.3. The van der Waals surface area contributed by atoms with Crippen molar-refractivity contribution in [3.63, 3.8) is 0 Å². The van der Waals surface area contributed by atoms with E-state index < -0.39 is 67.1 Å². The fraction of sp³-hybridized carbons (Fsp3) is 0.868. The Hall–Kier alpha value is -3.99. The van der Waals surface area contributed by atoms with Crippen LogP contribution < -0.4 is 0 Å². The lowest BCUT2D eigenvalue weighted by molar-refractivity contribution is -0.154. The molecule has 17 heteroatoms. The quantitative estimate of drug-likeness (QED) is 0.0318. The summed E-state index contributed by atoms with van der Waals surface area (Å²) < 4.78 is 38.4. The van der Waals surface area contributed by atoms with Crippen LogP contribution in [0.1, 0.15) is 202 Å². The van der Waals surface area contributed by atoms with Gasteiger partial charge in [-0.1, -0.05) is 156 Å².